The second-order valence-electron chi connectivity index (χ2n) is 6.02. The number of carbonyl (C=O) groups excluding carboxylic acids is 1. The minimum Gasteiger partial charge on any atom is -0.494 e. The van der Waals surface area contributed by atoms with Gasteiger partial charge in [0.1, 0.15) is 5.75 Å². The van der Waals surface area contributed by atoms with Gasteiger partial charge in [0.15, 0.2) is 5.78 Å². The van der Waals surface area contributed by atoms with Gasteiger partial charge in [-0.1, -0.05) is 19.8 Å². The summed E-state index contributed by atoms with van der Waals surface area (Å²) in [6, 6.07) is 5.60. The summed E-state index contributed by atoms with van der Waals surface area (Å²) in [5.41, 5.74) is 1.69. The Morgan fingerprint density at radius 2 is 2.14 bits per heavy atom. The van der Waals surface area contributed by atoms with Gasteiger partial charge in [-0.05, 0) is 50.8 Å². The maximum absolute atomic E-state index is 11.5. The van der Waals surface area contributed by atoms with E-state index in [-0.39, 0.29) is 5.78 Å². The first-order valence-electron chi connectivity index (χ1n) is 7.98. The summed E-state index contributed by atoms with van der Waals surface area (Å²) in [6.45, 7) is 6.98. The molecule has 0 aliphatic heterocycles. The lowest BCUT2D eigenvalue weighted by molar-refractivity contribution is 0.00380. The average molecular weight is 290 g/mol. The number of hydrogen-bond acceptors (Lipinski definition) is 3. The molecule has 0 aromatic heterocycles. The molecule has 3 nitrogen and oxygen atoms in total. The Labute approximate surface area is 127 Å². The molecule has 0 radical (unpaired) electrons. The van der Waals surface area contributed by atoms with E-state index in [0.717, 1.165) is 30.1 Å². The lowest BCUT2D eigenvalue weighted by Crippen LogP contribution is -2.21. The van der Waals surface area contributed by atoms with Crippen molar-refractivity contribution in [3.05, 3.63) is 29.3 Å². The van der Waals surface area contributed by atoms with E-state index in [2.05, 4.69) is 6.92 Å². The molecular formula is C18H26O3. The molecule has 2 unspecified atom stereocenters. The van der Waals surface area contributed by atoms with Crippen molar-refractivity contribution in [2.24, 2.45) is 5.92 Å². The van der Waals surface area contributed by atoms with Crippen LogP contribution in [-0.4, -0.2) is 18.5 Å². The van der Waals surface area contributed by atoms with E-state index in [4.69, 9.17) is 9.47 Å². The third-order valence-electron chi connectivity index (χ3n) is 4.13. The van der Waals surface area contributed by atoms with E-state index in [1.807, 2.05) is 25.1 Å². The summed E-state index contributed by atoms with van der Waals surface area (Å²) in [7, 11) is 0. The Bertz CT molecular complexity index is 481. The molecule has 0 heterocycles. The van der Waals surface area contributed by atoms with Crippen molar-refractivity contribution in [1.29, 1.82) is 0 Å². The molecular weight excluding hydrogens is 264 g/mol. The summed E-state index contributed by atoms with van der Waals surface area (Å²) < 4.78 is 11.7. The van der Waals surface area contributed by atoms with Crippen LogP contribution in [0.25, 0.3) is 0 Å². The standard InChI is InChI=1S/C18H26O3/c1-4-20-18-9-8-15(14(3)19)11-16(18)12-21-17-7-5-6-13(2)10-17/h8-9,11,13,17H,4-7,10,12H2,1-3H3. The molecule has 1 aliphatic carbocycles. The van der Waals surface area contributed by atoms with Gasteiger partial charge in [0.2, 0.25) is 0 Å². The molecule has 0 spiro atoms. The second kappa shape index (κ2) is 7.60. The molecule has 1 fully saturated rings. The number of ether oxygens (including phenoxy) is 2. The van der Waals surface area contributed by atoms with Crippen molar-refractivity contribution < 1.29 is 14.3 Å². The number of Topliss-reactive ketones (excluding diaryl/α,β-unsaturated/α-hetero) is 1. The van der Waals surface area contributed by atoms with Crippen LogP contribution in [0.3, 0.4) is 0 Å². The number of carbonyl (C=O) groups is 1. The SMILES string of the molecule is CCOc1ccc(C(C)=O)cc1COC1CCCC(C)C1. The molecule has 0 bridgehead atoms. The summed E-state index contributed by atoms with van der Waals surface area (Å²) in [5, 5.41) is 0. The van der Waals surface area contributed by atoms with Gasteiger partial charge in [-0.2, -0.15) is 0 Å². The van der Waals surface area contributed by atoms with Crippen molar-refractivity contribution in [2.45, 2.75) is 59.2 Å². The van der Waals surface area contributed by atoms with Gasteiger partial charge >= 0.3 is 0 Å². The minimum atomic E-state index is 0.0746. The van der Waals surface area contributed by atoms with Crippen LogP contribution in [0.5, 0.6) is 5.75 Å². The molecule has 1 saturated carbocycles. The molecule has 116 valence electrons. The van der Waals surface area contributed by atoms with Gasteiger partial charge in [0.25, 0.3) is 0 Å². The Morgan fingerprint density at radius 3 is 2.81 bits per heavy atom. The van der Waals surface area contributed by atoms with E-state index in [9.17, 15) is 4.79 Å². The highest BCUT2D eigenvalue weighted by atomic mass is 16.5. The van der Waals surface area contributed by atoms with Crippen LogP contribution >= 0.6 is 0 Å². The molecule has 3 heteroatoms. The van der Waals surface area contributed by atoms with Crippen molar-refractivity contribution in [2.75, 3.05) is 6.61 Å². The fraction of sp³-hybridized carbons (Fsp3) is 0.611. The van der Waals surface area contributed by atoms with E-state index >= 15 is 0 Å². The predicted octanol–water partition coefficient (Wildman–Crippen LogP) is 4.38. The molecule has 1 aromatic rings. The largest absolute Gasteiger partial charge is 0.494 e. The summed E-state index contributed by atoms with van der Waals surface area (Å²) >= 11 is 0. The van der Waals surface area contributed by atoms with Crippen LogP contribution in [-0.2, 0) is 11.3 Å². The van der Waals surface area contributed by atoms with Gasteiger partial charge in [0, 0.05) is 11.1 Å². The zero-order valence-corrected chi connectivity index (χ0v) is 13.4. The summed E-state index contributed by atoms with van der Waals surface area (Å²) in [5.74, 6) is 1.65. The minimum absolute atomic E-state index is 0.0746. The zero-order valence-electron chi connectivity index (χ0n) is 13.4. The summed E-state index contributed by atoms with van der Waals surface area (Å²) in [4.78, 5) is 11.5. The van der Waals surface area contributed by atoms with Crippen molar-refractivity contribution >= 4 is 5.78 Å². The van der Waals surface area contributed by atoms with Crippen molar-refractivity contribution in [3.8, 4) is 5.75 Å². The topological polar surface area (TPSA) is 35.5 Å². The predicted molar refractivity (Wildman–Crippen MR) is 83.8 cm³/mol. The van der Waals surface area contributed by atoms with Gasteiger partial charge in [0.05, 0.1) is 19.3 Å². The van der Waals surface area contributed by atoms with Crippen LogP contribution in [0.4, 0.5) is 0 Å². The normalized spacial score (nSPS) is 22.0. The first kappa shape index (κ1) is 16.0. The Morgan fingerprint density at radius 1 is 1.33 bits per heavy atom. The van der Waals surface area contributed by atoms with E-state index < -0.39 is 0 Å². The quantitative estimate of drug-likeness (QED) is 0.729. The van der Waals surface area contributed by atoms with Crippen LogP contribution in [0, 0.1) is 5.92 Å². The Hall–Kier alpha value is -1.35. The molecule has 0 amide bonds. The molecule has 21 heavy (non-hydrogen) atoms. The number of rotatable bonds is 6. The Balaban J connectivity index is 2.05. The number of hydrogen-bond donors (Lipinski definition) is 0. The van der Waals surface area contributed by atoms with E-state index in [1.54, 1.807) is 6.92 Å². The lowest BCUT2D eigenvalue weighted by Gasteiger charge is -2.27. The van der Waals surface area contributed by atoms with Gasteiger partial charge in [-0.3, -0.25) is 4.79 Å². The highest BCUT2D eigenvalue weighted by molar-refractivity contribution is 5.94. The molecule has 0 N–H and O–H groups in total. The van der Waals surface area contributed by atoms with Gasteiger partial charge < -0.3 is 9.47 Å². The molecule has 2 atom stereocenters. The third-order valence-corrected chi connectivity index (χ3v) is 4.13. The number of benzene rings is 1. The van der Waals surface area contributed by atoms with Crippen LogP contribution in [0.1, 0.15) is 62.4 Å². The maximum Gasteiger partial charge on any atom is 0.159 e. The summed E-state index contributed by atoms with van der Waals surface area (Å²) in [6.07, 6.45) is 5.17. The van der Waals surface area contributed by atoms with Gasteiger partial charge in [-0.25, -0.2) is 0 Å². The monoisotopic (exact) mass is 290 g/mol. The van der Waals surface area contributed by atoms with Crippen LogP contribution < -0.4 is 4.74 Å². The van der Waals surface area contributed by atoms with Crippen molar-refractivity contribution in [3.63, 3.8) is 0 Å². The number of ketones is 1. The Kier molecular flexibility index (Phi) is 5.80. The molecule has 2 rings (SSSR count). The molecule has 0 saturated heterocycles. The van der Waals surface area contributed by atoms with Crippen LogP contribution in [0.2, 0.25) is 0 Å². The fourth-order valence-corrected chi connectivity index (χ4v) is 2.95. The molecule has 1 aromatic carbocycles. The van der Waals surface area contributed by atoms with E-state index in [0.29, 0.717) is 24.9 Å². The van der Waals surface area contributed by atoms with Gasteiger partial charge in [-0.15, -0.1) is 0 Å². The highest BCUT2D eigenvalue weighted by Crippen LogP contribution is 2.28. The van der Waals surface area contributed by atoms with Crippen molar-refractivity contribution in [1.82, 2.24) is 0 Å². The third kappa shape index (κ3) is 4.57. The fourth-order valence-electron chi connectivity index (χ4n) is 2.95. The van der Waals surface area contributed by atoms with E-state index in [1.165, 1.54) is 12.8 Å². The second-order valence-corrected chi connectivity index (χ2v) is 6.02. The highest BCUT2D eigenvalue weighted by Gasteiger charge is 2.20. The first-order valence-corrected chi connectivity index (χ1v) is 7.98. The smallest absolute Gasteiger partial charge is 0.159 e. The zero-order chi connectivity index (χ0) is 15.2. The maximum atomic E-state index is 11.5. The average Bonchev–Trinajstić information content (AvgIpc) is 2.46. The first-order chi connectivity index (χ1) is 10.1. The van der Waals surface area contributed by atoms with Crippen LogP contribution in [0.15, 0.2) is 18.2 Å². The molecule has 1 aliphatic rings. The lowest BCUT2D eigenvalue weighted by atomic mass is 9.89.